The molecule has 0 amide bonds. The Morgan fingerprint density at radius 3 is 2.96 bits per heavy atom. The fraction of sp³-hybridized carbons (Fsp3) is 0.400. The summed E-state index contributed by atoms with van der Waals surface area (Å²) in [7, 11) is 1.75. The fourth-order valence-corrected chi connectivity index (χ4v) is 3.91. The third-order valence-corrected chi connectivity index (χ3v) is 5.05. The molecule has 0 radical (unpaired) electrons. The summed E-state index contributed by atoms with van der Waals surface area (Å²) in [6.07, 6.45) is 2.44. The maximum absolute atomic E-state index is 5.26. The number of methoxy groups -OCH3 is 1. The molecule has 0 aromatic heterocycles. The molecule has 1 atom stereocenters. The molecule has 2 aliphatic rings. The first-order valence-electron chi connectivity index (χ1n) is 8.54. The average molecular weight is 308 g/mol. The lowest BCUT2D eigenvalue weighted by molar-refractivity contribution is 0.185. The number of anilines is 1. The molecule has 0 aliphatic carbocycles. The van der Waals surface area contributed by atoms with Crippen molar-refractivity contribution in [1.29, 1.82) is 0 Å². The van der Waals surface area contributed by atoms with E-state index in [0.29, 0.717) is 12.6 Å². The monoisotopic (exact) mass is 308 g/mol. The predicted octanol–water partition coefficient (Wildman–Crippen LogP) is 3.22. The number of nitrogens with zero attached hydrogens (tertiary/aromatic N) is 1. The van der Waals surface area contributed by atoms with E-state index in [0.717, 1.165) is 19.6 Å². The van der Waals surface area contributed by atoms with Crippen LogP contribution < -0.4 is 10.2 Å². The molecule has 2 aliphatic heterocycles. The molecule has 2 aromatic carbocycles. The summed E-state index contributed by atoms with van der Waals surface area (Å²) in [4.78, 5) is 2.61. The molecule has 1 N–H and O–H groups in total. The number of benzene rings is 2. The van der Waals surface area contributed by atoms with Gasteiger partial charge in [-0.05, 0) is 53.8 Å². The summed E-state index contributed by atoms with van der Waals surface area (Å²) in [6, 6.07) is 16.3. The van der Waals surface area contributed by atoms with Gasteiger partial charge in [-0.15, -0.1) is 0 Å². The van der Waals surface area contributed by atoms with E-state index in [-0.39, 0.29) is 0 Å². The summed E-state index contributed by atoms with van der Waals surface area (Å²) in [6.45, 7) is 4.01. The van der Waals surface area contributed by atoms with Crippen molar-refractivity contribution < 1.29 is 4.74 Å². The first-order chi connectivity index (χ1) is 11.3. The summed E-state index contributed by atoms with van der Waals surface area (Å²) in [5, 5.41) is 3.52. The van der Waals surface area contributed by atoms with Crippen LogP contribution in [0.1, 0.15) is 17.5 Å². The third kappa shape index (κ3) is 2.87. The van der Waals surface area contributed by atoms with Crippen molar-refractivity contribution in [3.8, 4) is 11.1 Å². The highest BCUT2D eigenvalue weighted by Crippen LogP contribution is 2.37. The molecular formula is C20H24N2O. The van der Waals surface area contributed by atoms with Gasteiger partial charge >= 0.3 is 0 Å². The van der Waals surface area contributed by atoms with Crippen molar-refractivity contribution in [2.24, 2.45) is 0 Å². The van der Waals surface area contributed by atoms with Crippen LogP contribution in [0.25, 0.3) is 11.1 Å². The molecule has 3 heteroatoms. The smallest absolute Gasteiger partial charge is 0.0713 e. The van der Waals surface area contributed by atoms with Gasteiger partial charge in [0.25, 0.3) is 0 Å². The Hall–Kier alpha value is -1.84. The third-order valence-electron chi connectivity index (χ3n) is 5.05. The van der Waals surface area contributed by atoms with Crippen molar-refractivity contribution in [2.75, 3.05) is 31.6 Å². The lowest BCUT2D eigenvalue weighted by atomic mass is 10.00. The van der Waals surface area contributed by atoms with Crippen molar-refractivity contribution >= 4 is 5.69 Å². The highest BCUT2D eigenvalue weighted by Gasteiger charge is 2.30. The maximum atomic E-state index is 5.26. The Morgan fingerprint density at radius 1 is 1.13 bits per heavy atom. The van der Waals surface area contributed by atoms with E-state index in [1.54, 1.807) is 7.11 Å². The molecular weight excluding hydrogens is 284 g/mol. The Labute approximate surface area is 138 Å². The number of rotatable bonds is 3. The second kappa shape index (κ2) is 6.34. The Balaban J connectivity index is 1.67. The summed E-state index contributed by atoms with van der Waals surface area (Å²) in [5.74, 6) is 0. The van der Waals surface area contributed by atoms with Crippen LogP contribution in [0.4, 0.5) is 5.69 Å². The molecule has 3 nitrogen and oxygen atoms in total. The van der Waals surface area contributed by atoms with Crippen LogP contribution in [0, 0.1) is 0 Å². The zero-order chi connectivity index (χ0) is 15.6. The SMILES string of the molecule is COCc1cccc(-c2ccc3c(c2)N2CCNCCC2C3)c1. The molecule has 2 aromatic rings. The van der Waals surface area contributed by atoms with Crippen LogP contribution >= 0.6 is 0 Å². The number of fused-ring (bicyclic) bond motifs is 3. The maximum Gasteiger partial charge on any atom is 0.0713 e. The lowest BCUT2D eigenvalue weighted by Crippen LogP contribution is -2.32. The van der Waals surface area contributed by atoms with E-state index in [9.17, 15) is 0 Å². The second-order valence-electron chi connectivity index (χ2n) is 6.57. The molecule has 0 spiro atoms. The zero-order valence-corrected chi connectivity index (χ0v) is 13.7. The van der Waals surface area contributed by atoms with Crippen molar-refractivity contribution in [1.82, 2.24) is 5.32 Å². The largest absolute Gasteiger partial charge is 0.380 e. The average Bonchev–Trinajstić information content (AvgIpc) is 2.76. The van der Waals surface area contributed by atoms with Gasteiger partial charge in [0.1, 0.15) is 0 Å². The highest BCUT2D eigenvalue weighted by molar-refractivity contribution is 5.73. The number of hydrogen-bond donors (Lipinski definition) is 1. The van der Waals surface area contributed by atoms with Crippen molar-refractivity contribution in [3.63, 3.8) is 0 Å². The fourth-order valence-electron chi connectivity index (χ4n) is 3.91. The van der Waals surface area contributed by atoms with E-state index in [1.165, 1.54) is 40.8 Å². The Morgan fingerprint density at radius 2 is 2.04 bits per heavy atom. The number of nitrogens with one attached hydrogen (secondary N) is 1. The van der Waals surface area contributed by atoms with Gasteiger partial charge < -0.3 is 15.0 Å². The van der Waals surface area contributed by atoms with Crippen LogP contribution in [0.2, 0.25) is 0 Å². The molecule has 1 unspecified atom stereocenters. The minimum atomic E-state index is 0.665. The quantitative estimate of drug-likeness (QED) is 0.942. The topological polar surface area (TPSA) is 24.5 Å². The van der Waals surface area contributed by atoms with Crippen LogP contribution in [0.5, 0.6) is 0 Å². The first-order valence-corrected chi connectivity index (χ1v) is 8.54. The van der Waals surface area contributed by atoms with Gasteiger partial charge in [0.15, 0.2) is 0 Å². The summed E-state index contributed by atoms with van der Waals surface area (Å²) in [5.41, 5.74) is 6.75. The van der Waals surface area contributed by atoms with Gasteiger partial charge in [0.2, 0.25) is 0 Å². The number of hydrogen-bond acceptors (Lipinski definition) is 3. The minimum absolute atomic E-state index is 0.665. The van der Waals surface area contributed by atoms with Gasteiger partial charge in [0, 0.05) is 31.9 Å². The van der Waals surface area contributed by atoms with Crippen LogP contribution in [0.3, 0.4) is 0 Å². The normalized spacial score (nSPS) is 20.0. The molecule has 23 heavy (non-hydrogen) atoms. The van der Waals surface area contributed by atoms with Gasteiger partial charge in [-0.25, -0.2) is 0 Å². The molecule has 0 bridgehead atoms. The van der Waals surface area contributed by atoms with E-state index in [2.05, 4.69) is 52.7 Å². The van der Waals surface area contributed by atoms with Crippen LogP contribution in [-0.4, -0.2) is 32.8 Å². The lowest BCUT2D eigenvalue weighted by Gasteiger charge is -2.25. The molecule has 1 saturated heterocycles. The minimum Gasteiger partial charge on any atom is -0.380 e. The van der Waals surface area contributed by atoms with Crippen LogP contribution in [0.15, 0.2) is 42.5 Å². The van der Waals surface area contributed by atoms with Crippen molar-refractivity contribution in [3.05, 3.63) is 53.6 Å². The van der Waals surface area contributed by atoms with Gasteiger partial charge in [0.05, 0.1) is 6.61 Å². The molecule has 1 fully saturated rings. The first kappa shape index (κ1) is 14.7. The Bertz CT molecular complexity index is 698. The van der Waals surface area contributed by atoms with E-state index >= 15 is 0 Å². The molecule has 2 heterocycles. The number of ether oxygens (including phenoxy) is 1. The van der Waals surface area contributed by atoms with Crippen LogP contribution in [-0.2, 0) is 17.8 Å². The van der Waals surface area contributed by atoms with E-state index < -0.39 is 0 Å². The molecule has 4 rings (SSSR count). The van der Waals surface area contributed by atoms with Crippen molar-refractivity contribution in [2.45, 2.75) is 25.5 Å². The molecule has 120 valence electrons. The van der Waals surface area contributed by atoms with E-state index in [4.69, 9.17) is 4.74 Å². The standard InChI is InChI=1S/C20H24N2O/c1-23-14-15-3-2-4-16(11-15)17-5-6-18-12-19-7-8-21-9-10-22(19)20(18)13-17/h2-6,11,13,19,21H,7-10,12,14H2,1H3. The van der Waals surface area contributed by atoms with E-state index in [1.807, 2.05) is 0 Å². The highest BCUT2D eigenvalue weighted by atomic mass is 16.5. The second-order valence-corrected chi connectivity index (χ2v) is 6.57. The van der Waals surface area contributed by atoms with Gasteiger partial charge in [-0.1, -0.05) is 30.3 Å². The summed E-state index contributed by atoms with van der Waals surface area (Å²) >= 11 is 0. The van der Waals surface area contributed by atoms with Gasteiger partial charge in [-0.2, -0.15) is 0 Å². The predicted molar refractivity (Wildman–Crippen MR) is 94.9 cm³/mol. The summed E-state index contributed by atoms with van der Waals surface area (Å²) < 4.78 is 5.26. The molecule has 0 saturated carbocycles. The van der Waals surface area contributed by atoms with Gasteiger partial charge in [-0.3, -0.25) is 0 Å². The zero-order valence-electron chi connectivity index (χ0n) is 13.7. The Kier molecular flexibility index (Phi) is 4.06.